The highest BCUT2D eigenvalue weighted by atomic mass is 16.5. The molecule has 0 unspecified atom stereocenters. The average Bonchev–Trinajstić information content (AvgIpc) is 2.52. The standard InChI is InChI=1S/C18H25NO3/c1-4-7-8-9-18(20)19-15-10-11-16(21-12-5-2)17(14-15)22-13-6-3/h4,7-11,14H,5-6,12-13H2,1-3H3,(H,19,20)/b7-4+,9-8+. The number of ether oxygens (including phenoxy) is 2. The highest BCUT2D eigenvalue weighted by Crippen LogP contribution is 2.30. The van der Waals surface area contributed by atoms with Crippen LogP contribution in [-0.4, -0.2) is 19.1 Å². The molecule has 0 aliphatic rings. The second kappa shape index (κ2) is 10.5. The maximum absolute atomic E-state index is 11.8. The first-order valence-corrected chi connectivity index (χ1v) is 7.71. The number of anilines is 1. The summed E-state index contributed by atoms with van der Waals surface area (Å²) in [6, 6.07) is 5.43. The Morgan fingerprint density at radius 2 is 1.77 bits per heavy atom. The van der Waals surface area contributed by atoms with Crippen LogP contribution in [0.3, 0.4) is 0 Å². The van der Waals surface area contributed by atoms with Gasteiger partial charge in [-0.3, -0.25) is 4.79 Å². The molecule has 4 heteroatoms. The normalized spacial score (nSPS) is 11.0. The Morgan fingerprint density at radius 1 is 1.09 bits per heavy atom. The van der Waals surface area contributed by atoms with E-state index in [9.17, 15) is 4.79 Å². The summed E-state index contributed by atoms with van der Waals surface area (Å²) in [5.41, 5.74) is 0.685. The van der Waals surface area contributed by atoms with Crippen LogP contribution in [0, 0.1) is 0 Å². The third-order valence-corrected chi connectivity index (χ3v) is 2.69. The smallest absolute Gasteiger partial charge is 0.248 e. The zero-order valence-corrected chi connectivity index (χ0v) is 13.6. The Hall–Kier alpha value is -2.23. The van der Waals surface area contributed by atoms with Crippen molar-refractivity contribution in [2.24, 2.45) is 0 Å². The van der Waals surface area contributed by atoms with Crippen LogP contribution in [0.1, 0.15) is 33.6 Å². The minimum absolute atomic E-state index is 0.179. The van der Waals surface area contributed by atoms with Gasteiger partial charge in [0.25, 0.3) is 0 Å². The number of nitrogens with one attached hydrogen (secondary N) is 1. The molecule has 22 heavy (non-hydrogen) atoms. The van der Waals surface area contributed by atoms with Crippen LogP contribution in [0.2, 0.25) is 0 Å². The van der Waals surface area contributed by atoms with Gasteiger partial charge < -0.3 is 14.8 Å². The molecule has 0 saturated heterocycles. The molecule has 1 amide bonds. The van der Waals surface area contributed by atoms with Crippen LogP contribution >= 0.6 is 0 Å². The highest BCUT2D eigenvalue weighted by molar-refractivity contribution is 5.99. The number of rotatable bonds is 9. The number of allylic oxidation sites excluding steroid dienone is 3. The van der Waals surface area contributed by atoms with Crippen LogP contribution in [0.25, 0.3) is 0 Å². The molecule has 120 valence electrons. The topological polar surface area (TPSA) is 47.6 Å². The number of amides is 1. The van der Waals surface area contributed by atoms with E-state index in [1.165, 1.54) is 6.08 Å². The van der Waals surface area contributed by atoms with Crippen molar-refractivity contribution >= 4 is 11.6 Å². The molecule has 0 aliphatic carbocycles. The summed E-state index contributed by atoms with van der Waals surface area (Å²) in [4.78, 5) is 11.8. The van der Waals surface area contributed by atoms with Gasteiger partial charge >= 0.3 is 0 Å². The van der Waals surface area contributed by atoms with Gasteiger partial charge in [0, 0.05) is 17.8 Å². The van der Waals surface area contributed by atoms with Gasteiger partial charge in [0.2, 0.25) is 5.91 Å². The number of benzene rings is 1. The molecular formula is C18H25NO3. The summed E-state index contributed by atoms with van der Waals surface area (Å²) in [5, 5.41) is 2.81. The van der Waals surface area contributed by atoms with E-state index in [0.29, 0.717) is 30.4 Å². The Labute approximate surface area is 132 Å². The van der Waals surface area contributed by atoms with Crippen molar-refractivity contribution in [1.82, 2.24) is 0 Å². The van der Waals surface area contributed by atoms with Gasteiger partial charge in [-0.15, -0.1) is 0 Å². The van der Waals surface area contributed by atoms with E-state index in [4.69, 9.17) is 9.47 Å². The van der Waals surface area contributed by atoms with Crippen LogP contribution in [0.5, 0.6) is 11.5 Å². The number of hydrogen-bond acceptors (Lipinski definition) is 3. The zero-order valence-electron chi connectivity index (χ0n) is 13.6. The van der Waals surface area contributed by atoms with Gasteiger partial charge in [0.05, 0.1) is 13.2 Å². The summed E-state index contributed by atoms with van der Waals surface area (Å²) in [7, 11) is 0. The Morgan fingerprint density at radius 3 is 2.41 bits per heavy atom. The Kier molecular flexibility index (Phi) is 8.50. The molecule has 0 radical (unpaired) electrons. The van der Waals surface area contributed by atoms with Gasteiger partial charge in [-0.2, -0.15) is 0 Å². The molecule has 0 aliphatic heterocycles. The van der Waals surface area contributed by atoms with Crippen molar-refractivity contribution in [3.8, 4) is 11.5 Å². The monoisotopic (exact) mass is 303 g/mol. The lowest BCUT2D eigenvalue weighted by Crippen LogP contribution is -2.08. The van der Waals surface area contributed by atoms with Crippen molar-refractivity contribution in [2.45, 2.75) is 33.6 Å². The molecule has 0 bridgehead atoms. The van der Waals surface area contributed by atoms with E-state index in [2.05, 4.69) is 12.2 Å². The molecular weight excluding hydrogens is 278 g/mol. The number of carbonyl (C=O) groups is 1. The molecule has 0 saturated carbocycles. The first-order chi connectivity index (χ1) is 10.7. The van der Waals surface area contributed by atoms with Crippen molar-refractivity contribution < 1.29 is 14.3 Å². The third-order valence-electron chi connectivity index (χ3n) is 2.69. The first-order valence-electron chi connectivity index (χ1n) is 7.71. The van der Waals surface area contributed by atoms with E-state index in [1.54, 1.807) is 18.2 Å². The lowest BCUT2D eigenvalue weighted by Gasteiger charge is -2.13. The van der Waals surface area contributed by atoms with Crippen molar-refractivity contribution in [3.05, 3.63) is 42.5 Å². The van der Waals surface area contributed by atoms with Crippen LogP contribution < -0.4 is 14.8 Å². The molecule has 0 spiro atoms. The minimum Gasteiger partial charge on any atom is -0.490 e. The van der Waals surface area contributed by atoms with Crippen LogP contribution in [0.15, 0.2) is 42.5 Å². The molecule has 4 nitrogen and oxygen atoms in total. The summed E-state index contributed by atoms with van der Waals surface area (Å²) in [6.07, 6.45) is 8.69. The molecule has 1 aromatic carbocycles. The quantitative estimate of drug-likeness (QED) is 0.545. The predicted molar refractivity (Wildman–Crippen MR) is 90.6 cm³/mol. The van der Waals surface area contributed by atoms with E-state index in [1.807, 2.05) is 32.1 Å². The van der Waals surface area contributed by atoms with Crippen molar-refractivity contribution in [3.63, 3.8) is 0 Å². The van der Waals surface area contributed by atoms with Crippen LogP contribution in [0.4, 0.5) is 5.69 Å². The fourth-order valence-electron chi connectivity index (χ4n) is 1.68. The lowest BCUT2D eigenvalue weighted by atomic mass is 10.2. The molecule has 1 rings (SSSR count). The maximum Gasteiger partial charge on any atom is 0.248 e. The van der Waals surface area contributed by atoms with Crippen molar-refractivity contribution in [2.75, 3.05) is 18.5 Å². The third kappa shape index (κ3) is 6.48. The zero-order chi connectivity index (χ0) is 16.2. The SMILES string of the molecule is C/C=C/C=C/C(=O)Nc1ccc(OCCC)c(OCCC)c1. The summed E-state index contributed by atoms with van der Waals surface area (Å²) in [6.45, 7) is 7.25. The van der Waals surface area contributed by atoms with E-state index < -0.39 is 0 Å². The van der Waals surface area contributed by atoms with Gasteiger partial charge in [-0.05, 0) is 31.9 Å². The largest absolute Gasteiger partial charge is 0.490 e. The number of carbonyl (C=O) groups excluding carboxylic acids is 1. The van der Waals surface area contributed by atoms with E-state index in [0.717, 1.165) is 12.8 Å². The molecule has 0 atom stereocenters. The molecule has 1 aromatic rings. The van der Waals surface area contributed by atoms with Gasteiger partial charge in [0.1, 0.15) is 0 Å². The summed E-state index contributed by atoms with van der Waals surface area (Å²) in [5.74, 6) is 1.19. The second-order valence-electron chi connectivity index (χ2n) is 4.73. The molecule has 0 fully saturated rings. The number of hydrogen-bond donors (Lipinski definition) is 1. The fourth-order valence-corrected chi connectivity index (χ4v) is 1.68. The maximum atomic E-state index is 11.8. The fraction of sp³-hybridized carbons (Fsp3) is 0.389. The van der Waals surface area contributed by atoms with E-state index >= 15 is 0 Å². The Bertz CT molecular complexity index is 521. The van der Waals surface area contributed by atoms with Crippen molar-refractivity contribution in [1.29, 1.82) is 0 Å². The summed E-state index contributed by atoms with van der Waals surface area (Å²) >= 11 is 0. The van der Waals surface area contributed by atoms with E-state index in [-0.39, 0.29) is 5.91 Å². The first kappa shape index (κ1) is 17.8. The van der Waals surface area contributed by atoms with Crippen LogP contribution in [-0.2, 0) is 4.79 Å². The van der Waals surface area contributed by atoms with Gasteiger partial charge in [-0.25, -0.2) is 0 Å². The molecule has 1 N–H and O–H groups in total. The minimum atomic E-state index is -0.179. The Balaban J connectivity index is 2.80. The summed E-state index contributed by atoms with van der Waals surface area (Å²) < 4.78 is 11.4. The lowest BCUT2D eigenvalue weighted by molar-refractivity contribution is -0.111. The predicted octanol–water partition coefficient (Wildman–Crippen LogP) is 4.34. The molecule has 0 heterocycles. The molecule has 0 aromatic heterocycles. The second-order valence-corrected chi connectivity index (χ2v) is 4.73. The van der Waals surface area contributed by atoms with Gasteiger partial charge in [0.15, 0.2) is 11.5 Å². The average molecular weight is 303 g/mol. The highest BCUT2D eigenvalue weighted by Gasteiger charge is 2.08. The van der Waals surface area contributed by atoms with Gasteiger partial charge in [-0.1, -0.05) is 32.1 Å².